The van der Waals surface area contributed by atoms with Crippen molar-refractivity contribution in [2.45, 2.75) is 18.7 Å². The lowest BCUT2D eigenvalue weighted by Crippen LogP contribution is -2.37. The van der Waals surface area contributed by atoms with Gasteiger partial charge in [0.15, 0.2) is 6.61 Å². The summed E-state index contributed by atoms with van der Waals surface area (Å²) in [6.07, 6.45) is 1.92. The third-order valence-electron chi connectivity index (χ3n) is 4.13. The van der Waals surface area contributed by atoms with Crippen LogP contribution in [0.5, 0.6) is 0 Å². The summed E-state index contributed by atoms with van der Waals surface area (Å²) in [5, 5.41) is 2.79. The molecule has 148 valence electrons. The molecular formula is C21H24N2O4S. The first-order valence-corrected chi connectivity index (χ1v) is 9.95. The molecule has 2 amide bonds. The summed E-state index contributed by atoms with van der Waals surface area (Å²) in [6, 6.07) is 12.9. The van der Waals surface area contributed by atoms with Crippen LogP contribution >= 0.6 is 11.8 Å². The van der Waals surface area contributed by atoms with Crippen LogP contribution in [0.2, 0.25) is 0 Å². The summed E-state index contributed by atoms with van der Waals surface area (Å²) >= 11 is 1.52. The minimum Gasteiger partial charge on any atom is -0.452 e. The summed E-state index contributed by atoms with van der Waals surface area (Å²) in [4.78, 5) is 38.8. The molecule has 2 rings (SSSR count). The maximum Gasteiger partial charge on any atom is 0.338 e. The van der Waals surface area contributed by atoms with Crippen molar-refractivity contribution in [1.82, 2.24) is 4.90 Å². The van der Waals surface area contributed by atoms with E-state index in [0.717, 1.165) is 16.0 Å². The van der Waals surface area contributed by atoms with E-state index in [1.165, 1.54) is 23.7 Å². The molecule has 7 heteroatoms. The first kappa shape index (κ1) is 21.5. The molecule has 2 aromatic carbocycles. The molecule has 28 heavy (non-hydrogen) atoms. The first-order valence-electron chi connectivity index (χ1n) is 8.73. The Kier molecular flexibility index (Phi) is 7.63. The lowest BCUT2D eigenvalue weighted by molar-refractivity contribution is -0.136. The Bertz CT molecular complexity index is 882. The maximum absolute atomic E-state index is 12.2. The van der Waals surface area contributed by atoms with E-state index in [2.05, 4.69) is 5.32 Å². The van der Waals surface area contributed by atoms with E-state index in [9.17, 15) is 14.4 Å². The van der Waals surface area contributed by atoms with Crippen molar-refractivity contribution in [1.29, 1.82) is 0 Å². The van der Waals surface area contributed by atoms with Gasteiger partial charge in [0.2, 0.25) is 5.91 Å². The molecule has 2 aromatic rings. The number of ether oxygens (including phenoxy) is 1. The Morgan fingerprint density at radius 1 is 1.11 bits per heavy atom. The van der Waals surface area contributed by atoms with Crippen molar-refractivity contribution in [3.8, 4) is 0 Å². The zero-order valence-corrected chi connectivity index (χ0v) is 17.3. The molecule has 1 N–H and O–H groups in total. The Morgan fingerprint density at radius 3 is 2.54 bits per heavy atom. The van der Waals surface area contributed by atoms with Crippen molar-refractivity contribution in [3.05, 3.63) is 59.2 Å². The van der Waals surface area contributed by atoms with Gasteiger partial charge in [0.05, 0.1) is 17.8 Å². The van der Waals surface area contributed by atoms with Gasteiger partial charge in [0, 0.05) is 11.9 Å². The van der Waals surface area contributed by atoms with Crippen molar-refractivity contribution in [2.24, 2.45) is 0 Å². The van der Waals surface area contributed by atoms with Gasteiger partial charge in [-0.05, 0) is 43.9 Å². The van der Waals surface area contributed by atoms with Crippen LogP contribution in [0.3, 0.4) is 0 Å². The molecule has 6 nitrogen and oxygen atoms in total. The van der Waals surface area contributed by atoms with E-state index >= 15 is 0 Å². The minimum atomic E-state index is -0.554. The number of esters is 1. The number of anilines is 1. The van der Waals surface area contributed by atoms with Crippen LogP contribution in [0.15, 0.2) is 47.4 Å². The number of nitrogens with one attached hydrogen (secondary N) is 1. The highest BCUT2D eigenvalue weighted by Gasteiger charge is 2.17. The molecule has 0 saturated heterocycles. The molecule has 0 heterocycles. The van der Waals surface area contributed by atoms with Crippen molar-refractivity contribution >= 4 is 35.2 Å². The fourth-order valence-corrected chi connectivity index (χ4v) is 3.07. The number of amides is 2. The predicted octanol–water partition coefficient (Wildman–Crippen LogP) is 3.28. The second-order valence-corrected chi connectivity index (χ2v) is 7.24. The zero-order chi connectivity index (χ0) is 20.7. The lowest BCUT2D eigenvalue weighted by Gasteiger charge is -2.17. The largest absolute Gasteiger partial charge is 0.452 e. The fraction of sp³-hybridized carbons (Fsp3) is 0.286. The molecule has 0 aliphatic heterocycles. The number of nitrogens with zero attached hydrogens (tertiary/aromatic N) is 1. The highest BCUT2D eigenvalue weighted by atomic mass is 32.2. The summed E-state index contributed by atoms with van der Waals surface area (Å²) < 4.78 is 5.12. The topological polar surface area (TPSA) is 75.7 Å². The van der Waals surface area contributed by atoms with Crippen LogP contribution in [0, 0.1) is 13.8 Å². The molecule has 0 aromatic heterocycles. The van der Waals surface area contributed by atoms with Gasteiger partial charge in [-0.15, -0.1) is 11.8 Å². The first-order chi connectivity index (χ1) is 13.3. The number of hydrogen-bond donors (Lipinski definition) is 1. The van der Waals surface area contributed by atoms with Gasteiger partial charge in [-0.3, -0.25) is 9.59 Å². The van der Waals surface area contributed by atoms with Gasteiger partial charge in [-0.2, -0.15) is 0 Å². The Labute approximate surface area is 169 Å². The number of thioether (sulfide) groups is 1. The van der Waals surface area contributed by atoms with Crippen LogP contribution < -0.4 is 5.32 Å². The van der Waals surface area contributed by atoms with Crippen molar-refractivity contribution in [3.63, 3.8) is 0 Å². The Hall–Kier alpha value is -2.80. The van der Waals surface area contributed by atoms with Crippen molar-refractivity contribution in [2.75, 3.05) is 31.8 Å². The molecule has 0 unspecified atom stereocenters. The maximum atomic E-state index is 12.2. The summed E-state index contributed by atoms with van der Waals surface area (Å²) in [7, 11) is 1.49. The average Bonchev–Trinajstić information content (AvgIpc) is 2.67. The van der Waals surface area contributed by atoms with Gasteiger partial charge in [-0.1, -0.05) is 29.8 Å². The Balaban J connectivity index is 1.87. The molecule has 0 bridgehead atoms. The second-order valence-electron chi connectivity index (χ2n) is 6.39. The monoisotopic (exact) mass is 400 g/mol. The highest BCUT2D eigenvalue weighted by molar-refractivity contribution is 7.98. The molecule has 0 aliphatic rings. The van der Waals surface area contributed by atoms with Crippen LogP contribution in [0.1, 0.15) is 21.5 Å². The molecule has 0 fully saturated rings. The molecule has 0 saturated carbocycles. The van der Waals surface area contributed by atoms with Gasteiger partial charge in [0.1, 0.15) is 0 Å². The SMILES string of the molecule is CSc1ccccc1NC(=O)CN(C)C(=O)COC(=O)c1cc(C)ccc1C. The van der Waals surface area contributed by atoms with Crippen LogP contribution in [-0.4, -0.2) is 49.1 Å². The van der Waals surface area contributed by atoms with Crippen LogP contribution in [-0.2, 0) is 14.3 Å². The van der Waals surface area contributed by atoms with E-state index in [1.54, 1.807) is 19.1 Å². The number of para-hydroxylation sites is 1. The lowest BCUT2D eigenvalue weighted by atomic mass is 10.1. The molecule has 0 aliphatic carbocycles. The van der Waals surface area contributed by atoms with Crippen LogP contribution in [0.25, 0.3) is 0 Å². The van der Waals surface area contributed by atoms with Gasteiger partial charge < -0.3 is 15.0 Å². The normalized spacial score (nSPS) is 10.3. The van der Waals surface area contributed by atoms with E-state index in [1.807, 2.05) is 43.5 Å². The van der Waals surface area contributed by atoms with Gasteiger partial charge >= 0.3 is 5.97 Å². The summed E-state index contributed by atoms with van der Waals surface area (Å²) in [5.74, 6) is -1.33. The number of carbonyl (C=O) groups is 3. The quantitative estimate of drug-likeness (QED) is 0.570. The van der Waals surface area contributed by atoms with Crippen molar-refractivity contribution < 1.29 is 19.1 Å². The predicted molar refractivity (Wildman–Crippen MR) is 111 cm³/mol. The van der Waals surface area contributed by atoms with Gasteiger partial charge in [0.25, 0.3) is 5.91 Å². The van der Waals surface area contributed by atoms with E-state index < -0.39 is 18.5 Å². The number of carbonyl (C=O) groups excluding carboxylic acids is 3. The van der Waals surface area contributed by atoms with E-state index in [0.29, 0.717) is 11.3 Å². The average molecular weight is 401 g/mol. The summed E-state index contributed by atoms with van der Waals surface area (Å²) in [5.41, 5.74) is 2.84. The molecule has 0 atom stereocenters. The smallest absolute Gasteiger partial charge is 0.338 e. The number of benzene rings is 2. The highest BCUT2D eigenvalue weighted by Crippen LogP contribution is 2.24. The molecular weight excluding hydrogens is 376 g/mol. The third-order valence-corrected chi connectivity index (χ3v) is 4.92. The molecule has 0 radical (unpaired) electrons. The van der Waals surface area contributed by atoms with E-state index in [4.69, 9.17) is 4.74 Å². The number of aryl methyl sites for hydroxylation is 2. The number of rotatable bonds is 7. The Morgan fingerprint density at radius 2 is 1.82 bits per heavy atom. The summed E-state index contributed by atoms with van der Waals surface area (Å²) in [6.45, 7) is 3.13. The second kappa shape index (κ2) is 9.94. The number of hydrogen-bond acceptors (Lipinski definition) is 5. The van der Waals surface area contributed by atoms with Gasteiger partial charge in [-0.25, -0.2) is 4.79 Å². The zero-order valence-electron chi connectivity index (χ0n) is 16.4. The van der Waals surface area contributed by atoms with Crippen LogP contribution in [0.4, 0.5) is 5.69 Å². The fourth-order valence-electron chi connectivity index (χ4n) is 2.51. The van der Waals surface area contributed by atoms with E-state index in [-0.39, 0.29) is 12.5 Å². The third kappa shape index (κ3) is 5.85. The molecule has 0 spiro atoms. The minimum absolute atomic E-state index is 0.136. The standard InChI is InChI=1S/C21H24N2O4S/c1-14-9-10-15(2)16(11-14)21(26)27-13-20(25)23(3)12-19(24)22-17-7-5-6-8-18(17)28-4/h5-11H,12-13H2,1-4H3,(H,22,24). The number of likely N-dealkylation sites (N-methyl/N-ethyl adjacent to an activating group) is 1.